The maximum Gasteiger partial charge on any atom is 0.264 e. The molecule has 12 heteroatoms. The van der Waals surface area contributed by atoms with Gasteiger partial charge in [-0.15, -0.1) is 0 Å². The van der Waals surface area contributed by atoms with Crippen LogP contribution in [0.15, 0.2) is 115 Å². The Morgan fingerprint density at radius 3 is 2.41 bits per heavy atom. The fraction of sp³-hybridized carbons (Fsp3) is 0.298. The molecule has 0 aliphatic carbocycles. The van der Waals surface area contributed by atoms with E-state index in [0.717, 1.165) is 27.6 Å². The largest absolute Gasteiger partial charge is 0.497 e. The third kappa shape index (κ3) is 7.30. The van der Waals surface area contributed by atoms with Crippen LogP contribution in [0.4, 0.5) is 17.1 Å². The van der Waals surface area contributed by atoms with Crippen molar-refractivity contribution in [3.63, 3.8) is 0 Å². The second-order valence-corrected chi connectivity index (χ2v) is 21.6. The van der Waals surface area contributed by atoms with Gasteiger partial charge in [0, 0.05) is 40.0 Å². The van der Waals surface area contributed by atoms with E-state index in [1.54, 1.807) is 47.2 Å². The van der Waals surface area contributed by atoms with Crippen LogP contribution in [-0.2, 0) is 39.4 Å². The summed E-state index contributed by atoms with van der Waals surface area (Å²) in [6.07, 6.45) is -0.0211. The molecule has 59 heavy (non-hydrogen) atoms. The molecular weight excluding hydrogens is 780 g/mol. The molecule has 10 nitrogen and oxygen atoms in total. The molecule has 5 atom stereocenters. The van der Waals surface area contributed by atoms with Crippen LogP contribution in [-0.4, -0.2) is 61.7 Å². The molecular formula is C47H49ClN4O6Si. The lowest BCUT2D eigenvalue weighted by atomic mass is 9.82. The highest BCUT2D eigenvalue weighted by atomic mass is 35.5. The van der Waals surface area contributed by atoms with Gasteiger partial charge in [0.15, 0.2) is 5.60 Å². The number of rotatable bonds is 10. The SMILES string of the molecule is COc1ccc([Si](C)(C)[C@@H]2[C@@H](CC(=O)N3Cc4ccccc4C[C@H]3CO)O[C@]3(C(=O)N(Cc4cccc(NC(=O)c5ccc(N)cc5)c4)c4ccc(Cl)cc43)[C@H]2C)cc1. The Labute approximate surface area is 350 Å². The molecule has 1 fully saturated rings. The number of nitrogens with one attached hydrogen (secondary N) is 1. The number of hydrogen-bond acceptors (Lipinski definition) is 7. The number of aliphatic hydroxyl groups excluding tert-OH is 1. The molecule has 0 unspecified atom stereocenters. The number of halogens is 1. The normalized spacial score (nSPS) is 22.3. The summed E-state index contributed by atoms with van der Waals surface area (Å²) in [7, 11) is -0.926. The Bertz CT molecular complexity index is 2410. The van der Waals surface area contributed by atoms with Gasteiger partial charge in [0.25, 0.3) is 11.8 Å². The summed E-state index contributed by atoms with van der Waals surface area (Å²) in [6.45, 7) is 7.08. The van der Waals surface area contributed by atoms with Gasteiger partial charge in [-0.05, 0) is 95.4 Å². The zero-order valence-corrected chi connectivity index (χ0v) is 35.4. The zero-order valence-electron chi connectivity index (χ0n) is 33.7. The molecule has 3 aliphatic rings. The third-order valence-electron chi connectivity index (χ3n) is 12.8. The number of fused-ring (bicyclic) bond motifs is 3. The fourth-order valence-corrected chi connectivity index (χ4v) is 13.9. The van der Waals surface area contributed by atoms with E-state index in [-0.39, 0.29) is 54.8 Å². The number of methoxy groups -OCH3 is 1. The van der Waals surface area contributed by atoms with Crippen molar-refractivity contribution in [2.24, 2.45) is 5.92 Å². The van der Waals surface area contributed by atoms with Crippen LogP contribution in [0.1, 0.15) is 46.0 Å². The average Bonchev–Trinajstić information content (AvgIpc) is 3.65. The first kappa shape index (κ1) is 40.3. The van der Waals surface area contributed by atoms with E-state index in [4.69, 9.17) is 26.8 Å². The number of ether oxygens (including phenoxy) is 2. The number of aliphatic hydroxyl groups is 1. The van der Waals surface area contributed by atoms with Crippen molar-refractivity contribution in [1.29, 1.82) is 0 Å². The van der Waals surface area contributed by atoms with E-state index >= 15 is 4.79 Å². The van der Waals surface area contributed by atoms with Crippen molar-refractivity contribution in [3.05, 3.63) is 148 Å². The lowest BCUT2D eigenvalue weighted by Gasteiger charge is -2.39. The summed E-state index contributed by atoms with van der Waals surface area (Å²) < 4.78 is 12.8. The Hall–Kier alpha value is -5.46. The molecule has 0 saturated carbocycles. The van der Waals surface area contributed by atoms with Crippen molar-refractivity contribution in [3.8, 4) is 5.75 Å². The van der Waals surface area contributed by atoms with Crippen LogP contribution in [0.5, 0.6) is 5.75 Å². The molecule has 5 aromatic carbocycles. The molecule has 1 saturated heterocycles. The van der Waals surface area contributed by atoms with Crippen LogP contribution < -0.4 is 25.9 Å². The van der Waals surface area contributed by atoms with Gasteiger partial charge in [-0.25, -0.2) is 0 Å². The van der Waals surface area contributed by atoms with Crippen molar-refractivity contribution < 1.29 is 29.0 Å². The number of amides is 3. The number of hydrogen-bond donors (Lipinski definition) is 3. The Morgan fingerprint density at radius 1 is 0.966 bits per heavy atom. The smallest absolute Gasteiger partial charge is 0.264 e. The number of nitrogen functional groups attached to an aromatic ring is 1. The Morgan fingerprint density at radius 2 is 1.69 bits per heavy atom. The van der Waals surface area contributed by atoms with Gasteiger partial charge in [-0.2, -0.15) is 0 Å². The summed E-state index contributed by atoms with van der Waals surface area (Å²) in [4.78, 5) is 46.6. The van der Waals surface area contributed by atoms with Crippen LogP contribution in [0.2, 0.25) is 23.7 Å². The summed E-state index contributed by atoms with van der Waals surface area (Å²) in [6, 6.07) is 35.4. The molecule has 0 bridgehead atoms. The highest BCUT2D eigenvalue weighted by Gasteiger charge is 2.66. The van der Waals surface area contributed by atoms with Gasteiger partial charge < -0.3 is 35.4 Å². The van der Waals surface area contributed by atoms with Crippen molar-refractivity contribution in [2.75, 3.05) is 29.7 Å². The first-order valence-corrected chi connectivity index (χ1v) is 23.5. The van der Waals surface area contributed by atoms with Crippen LogP contribution in [0.25, 0.3) is 0 Å². The van der Waals surface area contributed by atoms with E-state index < -0.39 is 19.8 Å². The topological polar surface area (TPSA) is 134 Å². The van der Waals surface area contributed by atoms with E-state index in [1.807, 2.05) is 66.7 Å². The predicted octanol–water partition coefficient (Wildman–Crippen LogP) is 7.28. The molecule has 3 amide bonds. The molecule has 1 spiro atoms. The van der Waals surface area contributed by atoms with Crippen LogP contribution in [0.3, 0.4) is 0 Å². The maximum absolute atomic E-state index is 15.4. The average molecular weight is 829 g/mol. The lowest BCUT2D eigenvalue weighted by molar-refractivity contribution is -0.151. The van der Waals surface area contributed by atoms with E-state index in [0.29, 0.717) is 46.2 Å². The lowest BCUT2D eigenvalue weighted by Crippen LogP contribution is -2.52. The maximum atomic E-state index is 15.4. The predicted molar refractivity (Wildman–Crippen MR) is 234 cm³/mol. The number of benzene rings is 5. The highest BCUT2D eigenvalue weighted by molar-refractivity contribution is 6.91. The highest BCUT2D eigenvalue weighted by Crippen LogP contribution is 2.60. The minimum absolute atomic E-state index is 0.0426. The molecule has 0 radical (unpaired) electrons. The number of nitrogens with zero attached hydrogens (tertiary/aromatic N) is 2. The van der Waals surface area contributed by atoms with Gasteiger partial charge >= 0.3 is 0 Å². The molecule has 8 rings (SSSR count). The first-order chi connectivity index (χ1) is 28.3. The molecule has 5 aromatic rings. The number of carbonyl (C=O) groups excluding carboxylic acids is 3. The van der Waals surface area contributed by atoms with Crippen molar-refractivity contribution >= 4 is 59.6 Å². The van der Waals surface area contributed by atoms with Gasteiger partial charge in [0.2, 0.25) is 5.91 Å². The monoisotopic (exact) mass is 828 g/mol. The standard InChI is InChI=1S/C47H49ClN4O6Si/c1-29-44(59(3,4)39-19-17-38(57-2)18-20-39)42(25-43(54)51-27-33-10-6-5-9-32(33)23-37(51)28-53)58-47(29)40-24-34(48)14-21-41(40)52(46(47)56)26-30-8-7-11-36(22-30)50-45(55)31-12-15-35(49)16-13-31/h5-22,24,29,37,42,44,53H,23,25-28,49H2,1-4H3,(H,50,55)/t29-,37-,42+,44-,47+/m0/s1. The zero-order chi connectivity index (χ0) is 41.6. The van der Waals surface area contributed by atoms with E-state index in [1.165, 1.54) is 0 Å². The van der Waals surface area contributed by atoms with Crippen molar-refractivity contribution in [1.82, 2.24) is 4.90 Å². The quantitative estimate of drug-likeness (QED) is 0.0996. The molecule has 0 aromatic heterocycles. The molecule has 3 aliphatic heterocycles. The Balaban J connectivity index is 1.15. The van der Waals surface area contributed by atoms with Gasteiger partial charge in [0.1, 0.15) is 5.75 Å². The van der Waals surface area contributed by atoms with Gasteiger partial charge in [-0.3, -0.25) is 14.4 Å². The van der Waals surface area contributed by atoms with Crippen LogP contribution >= 0.6 is 11.6 Å². The molecule has 4 N–H and O–H groups in total. The Kier molecular flexibility index (Phi) is 10.9. The third-order valence-corrected chi connectivity index (χ3v) is 17.4. The summed E-state index contributed by atoms with van der Waals surface area (Å²) in [5.74, 6) is -0.236. The van der Waals surface area contributed by atoms with E-state index in [9.17, 15) is 14.7 Å². The number of anilines is 3. The second kappa shape index (κ2) is 15.9. The second-order valence-electron chi connectivity index (χ2n) is 16.5. The molecule has 304 valence electrons. The fourth-order valence-electron chi connectivity index (χ4n) is 9.74. The van der Waals surface area contributed by atoms with Crippen molar-refractivity contribution in [2.45, 2.75) is 69.2 Å². The van der Waals surface area contributed by atoms with Gasteiger partial charge in [-0.1, -0.05) is 85.3 Å². The minimum atomic E-state index is -2.57. The first-order valence-electron chi connectivity index (χ1n) is 20.0. The summed E-state index contributed by atoms with van der Waals surface area (Å²) in [5, 5.41) is 15.1. The summed E-state index contributed by atoms with van der Waals surface area (Å²) >= 11 is 6.74. The van der Waals surface area contributed by atoms with Gasteiger partial charge in [0.05, 0.1) is 52.6 Å². The molecule has 3 heterocycles. The number of carbonyl (C=O) groups is 3. The number of nitrogens with two attached hydrogens (primary N) is 1. The summed E-state index contributed by atoms with van der Waals surface area (Å²) in [5.41, 5.74) is 10.2. The van der Waals surface area contributed by atoms with Crippen LogP contribution in [0, 0.1) is 5.92 Å². The minimum Gasteiger partial charge on any atom is -0.497 e. The van der Waals surface area contributed by atoms with E-state index in [2.05, 4.69) is 43.5 Å².